The third-order valence-corrected chi connectivity index (χ3v) is 6.51. The number of piperidine rings is 1. The van der Waals surface area contributed by atoms with Gasteiger partial charge in [-0.2, -0.15) is 4.31 Å². The molecule has 0 unspecified atom stereocenters. The van der Waals surface area contributed by atoms with Crippen molar-refractivity contribution in [2.45, 2.75) is 37.0 Å². The van der Waals surface area contributed by atoms with Gasteiger partial charge in [0.15, 0.2) is 0 Å². The standard InChI is InChI=1S/C15H22N2O2S.ClH/c16-11-12-6-8-17(9-7-12)20(18,19)15-5-4-13-2-1-3-14(13)10-15;/h4-5,10,12H,1-3,6-9,11,16H2;1H. The van der Waals surface area contributed by atoms with Crippen molar-refractivity contribution in [3.8, 4) is 0 Å². The highest BCUT2D eigenvalue weighted by molar-refractivity contribution is 7.89. The Morgan fingerprint density at radius 1 is 1.14 bits per heavy atom. The molecule has 4 nitrogen and oxygen atoms in total. The lowest BCUT2D eigenvalue weighted by atomic mass is 9.99. The highest BCUT2D eigenvalue weighted by Gasteiger charge is 2.29. The molecule has 0 radical (unpaired) electrons. The Balaban J connectivity index is 0.00000161. The Hall–Kier alpha value is -0.620. The average molecular weight is 331 g/mol. The Kier molecular flexibility index (Phi) is 5.30. The molecular formula is C15H23ClN2O2S. The predicted molar refractivity (Wildman–Crippen MR) is 86.3 cm³/mol. The summed E-state index contributed by atoms with van der Waals surface area (Å²) in [5.74, 6) is 0.474. The van der Waals surface area contributed by atoms with E-state index in [4.69, 9.17) is 5.73 Å². The molecule has 0 saturated carbocycles. The molecule has 6 heteroatoms. The van der Waals surface area contributed by atoms with Crippen molar-refractivity contribution in [1.29, 1.82) is 0 Å². The highest BCUT2D eigenvalue weighted by Crippen LogP contribution is 2.28. The maximum absolute atomic E-state index is 12.7. The molecule has 2 aliphatic rings. The molecule has 118 valence electrons. The molecule has 0 aromatic heterocycles. The number of hydrogen-bond donors (Lipinski definition) is 1. The quantitative estimate of drug-likeness (QED) is 0.921. The Labute approximate surface area is 133 Å². The summed E-state index contributed by atoms with van der Waals surface area (Å²) in [6, 6.07) is 5.64. The van der Waals surface area contributed by atoms with E-state index in [1.54, 1.807) is 10.4 Å². The summed E-state index contributed by atoms with van der Waals surface area (Å²) in [6.45, 7) is 1.86. The number of nitrogens with zero attached hydrogens (tertiary/aromatic N) is 1. The van der Waals surface area contributed by atoms with E-state index in [1.165, 1.54) is 11.1 Å². The van der Waals surface area contributed by atoms with Gasteiger partial charge in [-0.3, -0.25) is 0 Å². The van der Waals surface area contributed by atoms with Gasteiger partial charge in [0, 0.05) is 13.1 Å². The predicted octanol–water partition coefficient (Wildman–Crippen LogP) is 1.96. The summed E-state index contributed by atoms with van der Waals surface area (Å²) < 4.78 is 27.0. The van der Waals surface area contributed by atoms with Crippen LogP contribution >= 0.6 is 12.4 Å². The first kappa shape index (κ1) is 16.7. The zero-order valence-corrected chi connectivity index (χ0v) is 13.8. The minimum absolute atomic E-state index is 0. The third kappa shape index (κ3) is 3.26. The van der Waals surface area contributed by atoms with Crippen LogP contribution in [-0.4, -0.2) is 32.4 Å². The van der Waals surface area contributed by atoms with E-state index < -0.39 is 10.0 Å². The minimum Gasteiger partial charge on any atom is -0.330 e. The van der Waals surface area contributed by atoms with Gasteiger partial charge in [-0.15, -0.1) is 12.4 Å². The Morgan fingerprint density at radius 3 is 2.48 bits per heavy atom. The minimum atomic E-state index is -3.32. The second kappa shape index (κ2) is 6.65. The van der Waals surface area contributed by atoms with Crippen molar-refractivity contribution >= 4 is 22.4 Å². The van der Waals surface area contributed by atoms with Crippen LogP contribution in [0.25, 0.3) is 0 Å². The van der Waals surface area contributed by atoms with Crippen molar-refractivity contribution in [3.63, 3.8) is 0 Å². The van der Waals surface area contributed by atoms with Crippen molar-refractivity contribution in [2.24, 2.45) is 11.7 Å². The largest absolute Gasteiger partial charge is 0.330 e. The SMILES string of the molecule is Cl.NCC1CCN(S(=O)(=O)c2ccc3c(c2)CCC3)CC1. The third-order valence-electron chi connectivity index (χ3n) is 4.61. The number of rotatable bonds is 3. The number of benzene rings is 1. The molecule has 1 aliphatic carbocycles. The maximum atomic E-state index is 12.7. The van der Waals surface area contributed by atoms with Gasteiger partial charge in [0.05, 0.1) is 4.90 Å². The Morgan fingerprint density at radius 2 is 1.81 bits per heavy atom. The summed E-state index contributed by atoms with van der Waals surface area (Å²) in [5, 5.41) is 0. The van der Waals surface area contributed by atoms with Crippen LogP contribution in [0.3, 0.4) is 0 Å². The summed E-state index contributed by atoms with van der Waals surface area (Å²) in [6.07, 6.45) is 4.98. The average Bonchev–Trinajstić information content (AvgIpc) is 2.94. The van der Waals surface area contributed by atoms with Crippen LogP contribution in [-0.2, 0) is 22.9 Å². The van der Waals surface area contributed by atoms with Gasteiger partial charge in [-0.05, 0) is 67.8 Å². The van der Waals surface area contributed by atoms with Crippen molar-refractivity contribution in [2.75, 3.05) is 19.6 Å². The Bertz CT molecular complexity index is 596. The van der Waals surface area contributed by atoms with Crippen LogP contribution in [0.4, 0.5) is 0 Å². The summed E-state index contributed by atoms with van der Waals surface area (Å²) in [5.41, 5.74) is 8.18. The topological polar surface area (TPSA) is 63.4 Å². The fraction of sp³-hybridized carbons (Fsp3) is 0.600. The second-order valence-corrected chi connectivity index (χ2v) is 7.81. The number of halogens is 1. The van der Waals surface area contributed by atoms with Gasteiger partial charge >= 0.3 is 0 Å². The molecule has 1 fully saturated rings. The van der Waals surface area contributed by atoms with Crippen molar-refractivity contribution in [1.82, 2.24) is 4.31 Å². The molecule has 1 aromatic rings. The van der Waals surface area contributed by atoms with Gasteiger partial charge in [-0.25, -0.2) is 8.42 Å². The fourth-order valence-electron chi connectivity index (χ4n) is 3.24. The van der Waals surface area contributed by atoms with E-state index in [0.717, 1.165) is 32.1 Å². The summed E-state index contributed by atoms with van der Waals surface area (Å²) in [7, 11) is -3.32. The molecule has 2 N–H and O–H groups in total. The molecule has 1 heterocycles. The second-order valence-electron chi connectivity index (χ2n) is 5.87. The van der Waals surface area contributed by atoms with Crippen molar-refractivity contribution in [3.05, 3.63) is 29.3 Å². The molecule has 1 aliphatic heterocycles. The zero-order valence-electron chi connectivity index (χ0n) is 12.1. The van der Waals surface area contributed by atoms with Gasteiger partial charge in [0.1, 0.15) is 0 Å². The monoisotopic (exact) mass is 330 g/mol. The van der Waals surface area contributed by atoms with Crippen LogP contribution in [0.2, 0.25) is 0 Å². The van der Waals surface area contributed by atoms with Crippen LogP contribution in [0.15, 0.2) is 23.1 Å². The first-order valence-electron chi connectivity index (χ1n) is 7.43. The smallest absolute Gasteiger partial charge is 0.243 e. The van der Waals surface area contributed by atoms with Gasteiger partial charge in [0.2, 0.25) is 10.0 Å². The lowest BCUT2D eigenvalue weighted by molar-refractivity contribution is 0.278. The number of fused-ring (bicyclic) bond motifs is 1. The molecule has 1 aromatic carbocycles. The number of hydrogen-bond acceptors (Lipinski definition) is 3. The van der Waals surface area contributed by atoms with Gasteiger partial charge < -0.3 is 5.73 Å². The summed E-state index contributed by atoms with van der Waals surface area (Å²) >= 11 is 0. The molecule has 0 amide bonds. The van der Waals surface area contributed by atoms with E-state index >= 15 is 0 Å². The molecule has 1 saturated heterocycles. The van der Waals surface area contributed by atoms with Crippen LogP contribution in [0, 0.1) is 5.92 Å². The molecular weight excluding hydrogens is 308 g/mol. The lowest BCUT2D eigenvalue weighted by Crippen LogP contribution is -2.40. The molecule has 3 rings (SSSR count). The summed E-state index contributed by atoms with van der Waals surface area (Å²) in [4.78, 5) is 0.462. The zero-order chi connectivity index (χ0) is 14.2. The van der Waals surface area contributed by atoms with E-state index in [0.29, 0.717) is 30.4 Å². The van der Waals surface area contributed by atoms with Crippen LogP contribution < -0.4 is 5.73 Å². The van der Waals surface area contributed by atoms with Crippen LogP contribution in [0.1, 0.15) is 30.4 Å². The molecule has 0 atom stereocenters. The van der Waals surface area contributed by atoms with E-state index in [1.807, 2.05) is 12.1 Å². The van der Waals surface area contributed by atoms with Gasteiger partial charge in [-0.1, -0.05) is 6.07 Å². The van der Waals surface area contributed by atoms with E-state index in [9.17, 15) is 8.42 Å². The first-order valence-corrected chi connectivity index (χ1v) is 8.87. The van der Waals surface area contributed by atoms with Crippen LogP contribution in [0.5, 0.6) is 0 Å². The van der Waals surface area contributed by atoms with E-state index in [2.05, 4.69) is 0 Å². The number of nitrogens with two attached hydrogens (primary N) is 1. The molecule has 0 bridgehead atoms. The lowest BCUT2D eigenvalue weighted by Gasteiger charge is -2.30. The highest BCUT2D eigenvalue weighted by atomic mass is 35.5. The van der Waals surface area contributed by atoms with Crippen molar-refractivity contribution < 1.29 is 8.42 Å². The first-order chi connectivity index (χ1) is 9.61. The maximum Gasteiger partial charge on any atom is 0.243 e. The van der Waals surface area contributed by atoms with Gasteiger partial charge in [0.25, 0.3) is 0 Å². The molecule has 0 spiro atoms. The van der Waals surface area contributed by atoms with E-state index in [-0.39, 0.29) is 12.4 Å². The fourth-order valence-corrected chi connectivity index (χ4v) is 4.76. The molecule has 21 heavy (non-hydrogen) atoms. The number of sulfonamides is 1. The normalized spacial score (nSPS) is 20.0. The number of aryl methyl sites for hydroxylation is 2.